The number of nitrogens with zero attached hydrogens (tertiary/aromatic N) is 1. The van der Waals surface area contributed by atoms with Gasteiger partial charge in [0, 0.05) is 39.5 Å². The molecule has 0 radical (unpaired) electrons. The van der Waals surface area contributed by atoms with Gasteiger partial charge < -0.3 is 24.8 Å². The monoisotopic (exact) mass is 497 g/mol. The van der Waals surface area contributed by atoms with Crippen LogP contribution in [0.4, 0.5) is 13.2 Å². The van der Waals surface area contributed by atoms with E-state index in [9.17, 15) is 13.2 Å². The van der Waals surface area contributed by atoms with Gasteiger partial charge in [0.05, 0.1) is 12.7 Å². The van der Waals surface area contributed by atoms with Crippen LogP contribution in [0.1, 0.15) is 32.6 Å². The van der Waals surface area contributed by atoms with Crippen molar-refractivity contribution < 1.29 is 27.4 Å². The highest BCUT2D eigenvalue weighted by atomic mass is 127. The molecule has 0 aromatic heterocycles. The Morgan fingerprint density at radius 1 is 1.19 bits per heavy atom. The Balaban J connectivity index is 0.00000625. The first-order valence-corrected chi connectivity index (χ1v) is 8.87. The van der Waals surface area contributed by atoms with E-state index < -0.39 is 12.8 Å². The Kier molecular flexibility index (Phi) is 15.5. The SMILES string of the molecule is CCNC(=NCCCOCC(F)(F)F)NCCCOCC1CCCO1.I. The normalized spacial score (nSPS) is 17.8. The maximum Gasteiger partial charge on any atom is 0.411 e. The molecule has 1 heterocycles. The zero-order valence-corrected chi connectivity index (χ0v) is 17.6. The van der Waals surface area contributed by atoms with Crippen molar-refractivity contribution in [1.82, 2.24) is 10.6 Å². The molecule has 1 aliphatic heterocycles. The molecule has 1 saturated heterocycles. The van der Waals surface area contributed by atoms with Crippen molar-refractivity contribution in [3.05, 3.63) is 0 Å². The largest absolute Gasteiger partial charge is 0.411 e. The minimum Gasteiger partial charge on any atom is -0.379 e. The number of halogens is 4. The molecule has 1 rings (SSSR count). The highest BCUT2D eigenvalue weighted by Crippen LogP contribution is 2.14. The second-order valence-corrected chi connectivity index (χ2v) is 5.77. The molecule has 2 N–H and O–H groups in total. The van der Waals surface area contributed by atoms with Crippen molar-refractivity contribution in [3.63, 3.8) is 0 Å². The van der Waals surface area contributed by atoms with E-state index in [1.165, 1.54) is 0 Å². The standard InChI is InChI=1S/C16H30F3N3O3.HI/c1-2-20-15(22-8-5-10-24-13-16(17,18)19)21-7-4-9-23-12-14-6-3-11-25-14;/h14H,2-13H2,1H3,(H2,20,21,22);1H. The summed E-state index contributed by atoms with van der Waals surface area (Å²) >= 11 is 0. The van der Waals surface area contributed by atoms with Crippen molar-refractivity contribution in [2.75, 3.05) is 52.7 Å². The van der Waals surface area contributed by atoms with Crippen LogP contribution in [-0.4, -0.2) is 70.9 Å². The number of rotatable bonds is 12. The Morgan fingerprint density at radius 2 is 1.96 bits per heavy atom. The molecule has 0 aromatic carbocycles. The summed E-state index contributed by atoms with van der Waals surface area (Å²) in [5.41, 5.74) is 0. The third-order valence-electron chi connectivity index (χ3n) is 3.41. The minimum atomic E-state index is -4.27. The summed E-state index contributed by atoms with van der Waals surface area (Å²) in [6.45, 7) is 4.74. The van der Waals surface area contributed by atoms with Crippen molar-refractivity contribution >= 4 is 29.9 Å². The average molecular weight is 497 g/mol. The van der Waals surface area contributed by atoms with E-state index in [1.54, 1.807) is 0 Å². The van der Waals surface area contributed by atoms with E-state index in [4.69, 9.17) is 9.47 Å². The molecule has 10 heteroatoms. The lowest BCUT2D eigenvalue weighted by atomic mass is 10.2. The van der Waals surface area contributed by atoms with Crippen LogP contribution in [0.5, 0.6) is 0 Å². The van der Waals surface area contributed by atoms with E-state index in [2.05, 4.69) is 20.4 Å². The predicted molar refractivity (Wildman–Crippen MR) is 105 cm³/mol. The molecule has 1 fully saturated rings. The number of hydrogen-bond acceptors (Lipinski definition) is 4. The molecule has 1 unspecified atom stereocenters. The highest BCUT2D eigenvalue weighted by Gasteiger charge is 2.27. The van der Waals surface area contributed by atoms with Crippen LogP contribution in [0.25, 0.3) is 0 Å². The lowest BCUT2D eigenvalue weighted by molar-refractivity contribution is -0.173. The second-order valence-electron chi connectivity index (χ2n) is 5.77. The molecule has 0 bridgehead atoms. The summed E-state index contributed by atoms with van der Waals surface area (Å²) < 4.78 is 51.4. The van der Waals surface area contributed by atoms with Gasteiger partial charge in [-0.2, -0.15) is 13.2 Å². The average Bonchev–Trinajstić information content (AvgIpc) is 3.06. The summed E-state index contributed by atoms with van der Waals surface area (Å²) in [6.07, 6.45) is -0.567. The van der Waals surface area contributed by atoms with E-state index in [0.717, 1.165) is 25.9 Å². The van der Waals surface area contributed by atoms with Crippen LogP contribution < -0.4 is 10.6 Å². The fourth-order valence-corrected chi connectivity index (χ4v) is 2.26. The van der Waals surface area contributed by atoms with Gasteiger partial charge in [0.2, 0.25) is 0 Å². The van der Waals surface area contributed by atoms with Gasteiger partial charge in [-0.25, -0.2) is 0 Å². The third kappa shape index (κ3) is 14.8. The van der Waals surface area contributed by atoms with Gasteiger partial charge in [0.25, 0.3) is 0 Å². The number of alkyl halides is 3. The van der Waals surface area contributed by atoms with Gasteiger partial charge in [-0.3, -0.25) is 4.99 Å². The number of aliphatic imine (C=N–C) groups is 1. The van der Waals surface area contributed by atoms with Gasteiger partial charge in [0.15, 0.2) is 5.96 Å². The van der Waals surface area contributed by atoms with Crippen LogP contribution in [-0.2, 0) is 14.2 Å². The maximum absolute atomic E-state index is 11.9. The number of hydrogen-bond donors (Lipinski definition) is 2. The summed E-state index contributed by atoms with van der Waals surface area (Å²) in [5.74, 6) is 0.650. The van der Waals surface area contributed by atoms with E-state index in [1.807, 2.05) is 6.92 Å². The first kappa shape index (κ1) is 25.7. The molecule has 26 heavy (non-hydrogen) atoms. The van der Waals surface area contributed by atoms with E-state index in [-0.39, 0.29) is 36.7 Å². The van der Waals surface area contributed by atoms with Gasteiger partial charge >= 0.3 is 6.18 Å². The minimum absolute atomic E-state index is 0. The van der Waals surface area contributed by atoms with Crippen LogP contribution in [0.15, 0.2) is 4.99 Å². The van der Waals surface area contributed by atoms with E-state index >= 15 is 0 Å². The summed E-state index contributed by atoms with van der Waals surface area (Å²) in [7, 11) is 0. The maximum atomic E-state index is 11.9. The molecule has 156 valence electrons. The quantitative estimate of drug-likeness (QED) is 0.188. The Hall–Kier alpha value is -0.330. The summed E-state index contributed by atoms with van der Waals surface area (Å²) in [4.78, 5) is 4.30. The smallest absolute Gasteiger partial charge is 0.379 e. The van der Waals surface area contributed by atoms with Crippen LogP contribution >= 0.6 is 24.0 Å². The Morgan fingerprint density at radius 3 is 2.62 bits per heavy atom. The Bertz CT molecular complexity index is 368. The second kappa shape index (κ2) is 15.7. The van der Waals surface area contributed by atoms with Crippen molar-refractivity contribution in [1.29, 1.82) is 0 Å². The molecule has 0 aliphatic carbocycles. The lowest BCUT2D eigenvalue weighted by Crippen LogP contribution is -2.38. The zero-order valence-electron chi connectivity index (χ0n) is 15.3. The van der Waals surface area contributed by atoms with Gasteiger partial charge in [-0.15, -0.1) is 24.0 Å². The third-order valence-corrected chi connectivity index (χ3v) is 3.41. The molecule has 0 amide bonds. The van der Waals surface area contributed by atoms with Crippen LogP contribution in [0.2, 0.25) is 0 Å². The first-order valence-electron chi connectivity index (χ1n) is 8.87. The van der Waals surface area contributed by atoms with Crippen molar-refractivity contribution in [2.45, 2.75) is 44.9 Å². The molecule has 0 saturated carbocycles. The van der Waals surface area contributed by atoms with E-state index in [0.29, 0.717) is 45.2 Å². The number of guanidine groups is 1. The topological polar surface area (TPSA) is 64.1 Å². The van der Waals surface area contributed by atoms with Crippen LogP contribution in [0.3, 0.4) is 0 Å². The molecule has 0 spiro atoms. The predicted octanol–water partition coefficient (Wildman–Crippen LogP) is 2.71. The number of ether oxygens (including phenoxy) is 3. The summed E-state index contributed by atoms with van der Waals surface area (Å²) in [5, 5.41) is 6.26. The molecular weight excluding hydrogens is 466 g/mol. The van der Waals surface area contributed by atoms with Crippen molar-refractivity contribution in [3.8, 4) is 0 Å². The highest BCUT2D eigenvalue weighted by molar-refractivity contribution is 14.0. The first-order chi connectivity index (χ1) is 12.0. The molecule has 6 nitrogen and oxygen atoms in total. The van der Waals surface area contributed by atoms with Gasteiger partial charge in [-0.05, 0) is 32.6 Å². The zero-order chi connectivity index (χ0) is 18.4. The molecular formula is C16H31F3IN3O3. The molecule has 1 atom stereocenters. The lowest BCUT2D eigenvalue weighted by Gasteiger charge is -2.12. The summed E-state index contributed by atoms with van der Waals surface area (Å²) in [6, 6.07) is 0. The fraction of sp³-hybridized carbons (Fsp3) is 0.938. The van der Waals surface area contributed by atoms with Crippen molar-refractivity contribution in [2.24, 2.45) is 4.99 Å². The van der Waals surface area contributed by atoms with Gasteiger partial charge in [-0.1, -0.05) is 0 Å². The number of nitrogens with one attached hydrogen (secondary N) is 2. The fourth-order valence-electron chi connectivity index (χ4n) is 2.26. The molecule has 1 aliphatic rings. The van der Waals surface area contributed by atoms with Crippen LogP contribution in [0, 0.1) is 0 Å². The Labute approximate surface area is 170 Å². The van der Waals surface area contributed by atoms with Gasteiger partial charge in [0.1, 0.15) is 6.61 Å². The molecule has 0 aromatic rings.